The van der Waals surface area contributed by atoms with Gasteiger partial charge in [0.25, 0.3) is 0 Å². The molecule has 0 saturated carbocycles. The molecular formula is C10H12BrN3O4S. The monoisotopic (exact) mass is 349 g/mol. The van der Waals surface area contributed by atoms with Crippen molar-refractivity contribution in [3.63, 3.8) is 0 Å². The number of rotatable bonds is 5. The molecule has 19 heavy (non-hydrogen) atoms. The first-order chi connectivity index (χ1) is 8.94. The number of aromatic nitrogens is 2. The molecule has 7 nitrogen and oxygen atoms in total. The second-order valence-corrected chi connectivity index (χ2v) is 6.31. The van der Waals surface area contributed by atoms with Crippen LogP contribution in [0.4, 0.5) is 0 Å². The Balaban J connectivity index is 2.18. The van der Waals surface area contributed by atoms with E-state index in [1.54, 1.807) is 13.1 Å². The topological polar surface area (TPSA) is 108 Å². The summed E-state index contributed by atoms with van der Waals surface area (Å²) in [4.78, 5) is -0.0438. The fourth-order valence-electron chi connectivity index (χ4n) is 1.46. The van der Waals surface area contributed by atoms with Gasteiger partial charge in [0.05, 0.1) is 6.20 Å². The quantitative estimate of drug-likeness (QED) is 0.747. The molecule has 0 spiro atoms. The Kier molecular flexibility index (Phi) is 4.09. The van der Waals surface area contributed by atoms with Crippen LogP contribution in [-0.2, 0) is 23.2 Å². The third kappa shape index (κ3) is 3.06. The molecule has 104 valence electrons. The van der Waals surface area contributed by atoms with E-state index in [1.807, 2.05) is 0 Å². The summed E-state index contributed by atoms with van der Waals surface area (Å²) < 4.78 is 31.7. The van der Waals surface area contributed by atoms with Gasteiger partial charge >= 0.3 is 0 Å². The molecule has 9 heteroatoms. The lowest BCUT2D eigenvalue weighted by Gasteiger charge is -2.04. The average molecular weight is 350 g/mol. The molecule has 0 fully saturated rings. The summed E-state index contributed by atoms with van der Waals surface area (Å²) >= 11 is 3.01. The van der Waals surface area contributed by atoms with Crippen molar-refractivity contribution in [3.05, 3.63) is 34.0 Å². The maximum absolute atomic E-state index is 12.1. The highest BCUT2D eigenvalue weighted by Gasteiger charge is 2.22. The van der Waals surface area contributed by atoms with Gasteiger partial charge in [-0.3, -0.25) is 5.10 Å². The minimum atomic E-state index is -3.72. The normalized spacial score (nSPS) is 11.9. The Morgan fingerprint density at radius 1 is 1.58 bits per heavy atom. The summed E-state index contributed by atoms with van der Waals surface area (Å²) in [6, 6.07) is 1.27. The second-order valence-electron chi connectivity index (χ2n) is 3.85. The van der Waals surface area contributed by atoms with Crippen LogP contribution in [0.3, 0.4) is 0 Å². The number of hydrogen-bond acceptors (Lipinski definition) is 5. The van der Waals surface area contributed by atoms with Gasteiger partial charge in [-0.05, 0) is 22.9 Å². The van der Waals surface area contributed by atoms with E-state index in [0.717, 1.165) is 11.3 Å². The number of H-pyrrole nitrogens is 1. The number of sulfonamides is 1. The average Bonchev–Trinajstić information content (AvgIpc) is 2.93. The van der Waals surface area contributed by atoms with Crippen molar-refractivity contribution < 1.29 is 17.9 Å². The van der Waals surface area contributed by atoms with E-state index in [2.05, 4.69) is 30.8 Å². The summed E-state index contributed by atoms with van der Waals surface area (Å²) in [5.41, 5.74) is 1.55. The molecule has 2 aromatic rings. The van der Waals surface area contributed by atoms with Gasteiger partial charge in [-0.25, -0.2) is 13.1 Å². The number of nitrogens with zero attached hydrogens (tertiary/aromatic N) is 1. The Morgan fingerprint density at radius 3 is 2.84 bits per heavy atom. The van der Waals surface area contributed by atoms with Crippen LogP contribution >= 0.6 is 15.9 Å². The number of aliphatic hydroxyl groups excluding tert-OH is 1. The van der Waals surface area contributed by atoms with Crippen LogP contribution in [0, 0.1) is 6.92 Å². The molecule has 0 aliphatic heterocycles. The summed E-state index contributed by atoms with van der Waals surface area (Å²) in [5, 5.41) is 15.4. The summed E-state index contributed by atoms with van der Waals surface area (Å²) in [5.74, 6) is 0.173. The SMILES string of the molecule is Cc1[nH]ncc1CNS(=O)(=O)c1cc(CO)oc1Br. The molecule has 0 atom stereocenters. The first-order valence-corrected chi connectivity index (χ1v) is 7.59. The Labute approximate surface area is 118 Å². The Morgan fingerprint density at radius 2 is 2.32 bits per heavy atom. The molecule has 0 radical (unpaired) electrons. The molecule has 0 amide bonds. The fraction of sp³-hybridized carbons (Fsp3) is 0.300. The van der Waals surface area contributed by atoms with Crippen LogP contribution in [0.25, 0.3) is 0 Å². The molecule has 2 aromatic heterocycles. The lowest BCUT2D eigenvalue weighted by molar-refractivity contribution is 0.245. The van der Waals surface area contributed by atoms with E-state index in [9.17, 15) is 8.42 Å². The third-order valence-electron chi connectivity index (χ3n) is 2.54. The number of nitrogens with one attached hydrogen (secondary N) is 2. The summed E-state index contributed by atoms with van der Waals surface area (Å²) in [6.07, 6.45) is 1.56. The highest BCUT2D eigenvalue weighted by Crippen LogP contribution is 2.26. The van der Waals surface area contributed by atoms with Crippen molar-refractivity contribution in [2.75, 3.05) is 0 Å². The highest BCUT2D eigenvalue weighted by atomic mass is 79.9. The van der Waals surface area contributed by atoms with Crippen LogP contribution in [-0.4, -0.2) is 23.7 Å². The van der Waals surface area contributed by atoms with Crippen LogP contribution in [0.5, 0.6) is 0 Å². The van der Waals surface area contributed by atoms with E-state index < -0.39 is 10.0 Å². The first-order valence-electron chi connectivity index (χ1n) is 5.31. The van der Waals surface area contributed by atoms with Crippen molar-refractivity contribution in [1.29, 1.82) is 0 Å². The number of hydrogen-bond donors (Lipinski definition) is 3. The van der Waals surface area contributed by atoms with Gasteiger partial charge < -0.3 is 9.52 Å². The van der Waals surface area contributed by atoms with E-state index in [0.29, 0.717) is 0 Å². The largest absolute Gasteiger partial charge is 0.450 e. The zero-order valence-electron chi connectivity index (χ0n) is 9.97. The van der Waals surface area contributed by atoms with Gasteiger partial charge in [0.15, 0.2) is 4.67 Å². The van der Waals surface area contributed by atoms with Crippen LogP contribution < -0.4 is 4.72 Å². The molecule has 2 rings (SSSR count). The number of aromatic amines is 1. The number of aliphatic hydroxyl groups is 1. The molecule has 0 bridgehead atoms. The third-order valence-corrected chi connectivity index (χ3v) is 4.80. The molecule has 0 aliphatic carbocycles. The minimum absolute atomic E-state index is 0.0438. The molecule has 0 aliphatic rings. The lowest BCUT2D eigenvalue weighted by Crippen LogP contribution is -2.23. The molecule has 0 aromatic carbocycles. The van der Waals surface area contributed by atoms with Gasteiger partial charge in [-0.15, -0.1) is 0 Å². The van der Waals surface area contributed by atoms with Crippen molar-refractivity contribution in [3.8, 4) is 0 Å². The van der Waals surface area contributed by atoms with E-state index in [4.69, 9.17) is 9.52 Å². The van der Waals surface area contributed by atoms with Gasteiger partial charge in [0.1, 0.15) is 17.3 Å². The zero-order valence-corrected chi connectivity index (χ0v) is 12.4. The lowest BCUT2D eigenvalue weighted by atomic mass is 10.3. The van der Waals surface area contributed by atoms with E-state index in [-0.39, 0.29) is 28.5 Å². The molecule has 0 unspecified atom stereocenters. The van der Waals surface area contributed by atoms with Crippen LogP contribution in [0.1, 0.15) is 17.0 Å². The minimum Gasteiger partial charge on any atom is -0.450 e. The van der Waals surface area contributed by atoms with Gasteiger partial charge in [-0.1, -0.05) is 0 Å². The predicted octanol–water partition coefficient (Wildman–Crippen LogP) is 1.04. The number of furan rings is 1. The second kappa shape index (κ2) is 5.45. The maximum Gasteiger partial charge on any atom is 0.245 e. The smallest absolute Gasteiger partial charge is 0.245 e. The van der Waals surface area contributed by atoms with Gasteiger partial charge in [-0.2, -0.15) is 5.10 Å². The summed E-state index contributed by atoms with van der Waals surface area (Å²) in [6.45, 7) is 1.56. The highest BCUT2D eigenvalue weighted by molar-refractivity contribution is 9.10. The fourth-order valence-corrected chi connectivity index (χ4v) is 3.47. The predicted molar refractivity (Wildman–Crippen MR) is 69.7 cm³/mol. The number of aryl methyl sites for hydroxylation is 1. The van der Waals surface area contributed by atoms with E-state index in [1.165, 1.54) is 6.07 Å². The molecule has 2 heterocycles. The molecule has 0 saturated heterocycles. The van der Waals surface area contributed by atoms with Gasteiger partial charge in [0.2, 0.25) is 10.0 Å². The summed E-state index contributed by atoms with van der Waals surface area (Å²) in [7, 11) is -3.72. The standard InChI is InChI=1S/C10H12BrN3O4S/c1-6-7(3-12-14-6)4-13-19(16,17)9-2-8(5-15)18-10(9)11/h2-3,13,15H,4-5H2,1H3,(H,12,14). The Hall–Kier alpha value is -1.16. The number of halogens is 1. The zero-order chi connectivity index (χ0) is 14.0. The Bertz CT molecular complexity index is 677. The van der Waals surface area contributed by atoms with E-state index >= 15 is 0 Å². The van der Waals surface area contributed by atoms with Crippen molar-refractivity contribution in [2.45, 2.75) is 25.0 Å². The molecular weight excluding hydrogens is 338 g/mol. The van der Waals surface area contributed by atoms with Crippen molar-refractivity contribution in [1.82, 2.24) is 14.9 Å². The maximum atomic E-state index is 12.1. The van der Waals surface area contributed by atoms with Crippen molar-refractivity contribution in [2.24, 2.45) is 0 Å². The van der Waals surface area contributed by atoms with Crippen LogP contribution in [0.2, 0.25) is 0 Å². The van der Waals surface area contributed by atoms with Crippen molar-refractivity contribution >= 4 is 26.0 Å². The first kappa shape index (κ1) is 14.3. The van der Waals surface area contributed by atoms with Crippen LogP contribution in [0.15, 0.2) is 26.2 Å². The molecule has 3 N–H and O–H groups in total. The van der Waals surface area contributed by atoms with Gasteiger partial charge in [0, 0.05) is 23.9 Å².